The zero-order chi connectivity index (χ0) is 8.72. The summed E-state index contributed by atoms with van der Waals surface area (Å²) in [6.45, 7) is 2.00. The van der Waals surface area contributed by atoms with Gasteiger partial charge in [0, 0.05) is 18.1 Å². The Morgan fingerprint density at radius 3 is 2.92 bits per heavy atom. The molecule has 3 nitrogen and oxygen atoms in total. The van der Waals surface area contributed by atoms with E-state index in [9.17, 15) is 0 Å². The van der Waals surface area contributed by atoms with Crippen molar-refractivity contribution in [2.24, 2.45) is 7.05 Å². The van der Waals surface area contributed by atoms with Crippen LogP contribution >= 0.6 is 0 Å². The van der Waals surface area contributed by atoms with Gasteiger partial charge in [-0.1, -0.05) is 0 Å². The molecule has 0 atom stereocenters. The van der Waals surface area contributed by atoms with Crippen molar-refractivity contribution in [2.75, 3.05) is 5.73 Å². The first-order valence-electron chi connectivity index (χ1n) is 3.86. The van der Waals surface area contributed by atoms with Crippen LogP contribution < -0.4 is 5.73 Å². The fourth-order valence-corrected chi connectivity index (χ4v) is 1.32. The van der Waals surface area contributed by atoms with Gasteiger partial charge in [0.2, 0.25) is 0 Å². The van der Waals surface area contributed by atoms with Crippen LogP contribution in [0.25, 0.3) is 10.9 Å². The van der Waals surface area contributed by atoms with Crippen molar-refractivity contribution in [1.82, 2.24) is 9.78 Å². The van der Waals surface area contributed by atoms with Gasteiger partial charge < -0.3 is 5.73 Å². The maximum absolute atomic E-state index is 5.76. The number of nitrogens with two attached hydrogens (primary N) is 1. The molecule has 2 rings (SSSR count). The van der Waals surface area contributed by atoms with E-state index >= 15 is 0 Å². The highest BCUT2D eigenvalue weighted by atomic mass is 15.2. The van der Waals surface area contributed by atoms with Crippen LogP contribution in [-0.2, 0) is 7.05 Å². The first-order valence-corrected chi connectivity index (χ1v) is 3.86. The molecule has 1 aromatic heterocycles. The standard InChI is InChI=1S/C9H11N3/c1-6-3-9-7(4-8(6)10)5-11-12(9)2/h3-5H,10H2,1-2H3. The van der Waals surface area contributed by atoms with Crippen molar-refractivity contribution in [2.45, 2.75) is 6.92 Å². The van der Waals surface area contributed by atoms with Crippen LogP contribution in [-0.4, -0.2) is 9.78 Å². The predicted octanol–water partition coefficient (Wildman–Crippen LogP) is 1.46. The number of aryl methyl sites for hydroxylation is 2. The molecule has 62 valence electrons. The van der Waals surface area contributed by atoms with E-state index in [0.717, 1.165) is 22.2 Å². The number of benzene rings is 1. The quantitative estimate of drug-likeness (QED) is 0.594. The number of hydrogen-bond acceptors (Lipinski definition) is 2. The lowest BCUT2D eigenvalue weighted by atomic mass is 10.1. The minimum Gasteiger partial charge on any atom is -0.398 e. The third kappa shape index (κ3) is 0.863. The van der Waals surface area contributed by atoms with E-state index in [4.69, 9.17) is 5.73 Å². The zero-order valence-electron chi connectivity index (χ0n) is 7.20. The maximum atomic E-state index is 5.76. The summed E-state index contributed by atoms with van der Waals surface area (Å²) in [7, 11) is 1.93. The molecule has 0 aliphatic heterocycles. The molecule has 0 fully saturated rings. The number of aromatic nitrogens is 2. The molecule has 0 aliphatic carbocycles. The molecule has 3 heteroatoms. The van der Waals surface area contributed by atoms with Crippen molar-refractivity contribution in [1.29, 1.82) is 0 Å². The van der Waals surface area contributed by atoms with Crippen LogP contribution in [0.15, 0.2) is 18.3 Å². The van der Waals surface area contributed by atoms with E-state index in [1.165, 1.54) is 0 Å². The molecule has 0 unspecified atom stereocenters. The lowest BCUT2D eigenvalue weighted by Gasteiger charge is -2.00. The number of hydrogen-bond donors (Lipinski definition) is 1. The lowest BCUT2D eigenvalue weighted by Crippen LogP contribution is -1.92. The Morgan fingerprint density at radius 2 is 2.17 bits per heavy atom. The van der Waals surface area contributed by atoms with Gasteiger partial charge in [0.05, 0.1) is 11.7 Å². The van der Waals surface area contributed by atoms with Gasteiger partial charge in [0.1, 0.15) is 0 Å². The van der Waals surface area contributed by atoms with Gasteiger partial charge >= 0.3 is 0 Å². The summed E-state index contributed by atoms with van der Waals surface area (Å²) >= 11 is 0. The van der Waals surface area contributed by atoms with Gasteiger partial charge in [-0.3, -0.25) is 4.68 Å². The second-order valence-electron chi connectivity index (χ2n) is 3.04. The average molecular weight is 161 g/mol. The van der Waals surface area contributed by atoms with Gasteiger partial charge in [-0.2, -0.15) is 5.10 Å². The smallest absolute Gasteiger partial charge is 0.0683 e. The minimum absolute atomic E-state index is 0.829. The van der Waals surface area contributed by atoms with Crippen LogP contribution in [0, 0.1) is 6.92 Å². The number of anilines is 1. The Balaban J connectivity index is 2.87. The summed E-state index contributed by atoms with van der Waals surface area (Å²) in [5.41, 5.74) is 8.82. The Bertz CT molecular complexity index is 429. The number of fused-ring (bicyclic) bond motifs is 1. The molecule has 0 saturated heterocycles. The molecule has 0 aliphatic rings. The van der Waals surface area contributed by atoms with Crippen LogP contribution in [0.3, 0.4) is 0 Å². The van der Waals surface area contributed by atoms with Crippen LogP contribution in [0.5, 0.6) is 0 Å². The molecule has 0 bridgehead atoms. The minimum atomic E-state index is 0.829. The third-order valence-electron chi connectivity index (χ3n) is 2.13. The highest BCUT2D eigenvalue weighted by Crippen LogP contribution is 2.19. The third-order valence-corrected chi connectivity index (χ3v) is 2.13. The SMILES string of the molecule is Cc1cc2c(cnn2C)cc1N. The Morgan fingerprint density at radius 1 is 1.42 bits per heavy atom. The van der Waals surface area contributed by atoms with Gasteiger partial charge in [0.25, 0.3) is 0 Å². The maximum Gasteiger partial charge on any atom is 0.0683 e. The summed E-state index contributed by atoms with van der Waals surface area (Å²) in [6, 6.07) is 4.01. The Labute approximate surface area is 70.8 Å². The summed E-state index contributed by atoms with van der Waals surface area (Å²) < 4.78 is 1.85. The number of rotatable bonds is 0. The largest absolute Gasteiger partial charge is 0.398 e. The fourth-order valence-electron chi connectivity index (χ4n) is 1.32. The summed E-state index contributed by atoms with van der Waals surface area (Å²) in [4.78, 5) is 0. The van der Waals surface area contributed by atoms with E-state index in [-0.39, 0.29) is 0 Å². The molecular formula is C9H11N3. The van der Waals surface area contributed by atoms with Gasteiger partial charge in [-0.05, 0) is 24.6 Å². The molecule has 0 amide bonds. The average Bonchev–Trinajstić information content (AvgIpc) is 2.35. The monoisotopic (exact) mass is 161 g/mol. The van der Waals surface area contributed by atoms with Crippen LogP contribution in [0.1, 0.15) is 5.56 Å². The van der Waals surface area contributed by atoms with Gasteiger partial charge in [0.15, 0.2) is 0 Å². The fraction of sp³-hybridized carbons (Fsp3) is 0.222. The number of nitrogen functional groups attached to an aromatic ring is 1. The van der Waals surface area contributed by atoms with E-state index in [1.54, 1.807) is 0 Å². The first-order chi connectivity index (χ1) is 5.68. The molecule has 12 heavy (non-hydrogen) atoms. The molecule has 1 heterocycles. The van der Waals surface area contributed by atoms with Crippen molar-refractivity contribution in [3.63, 3.8) is 0 Å². The van der Waals surface area contributed by atoms with Crippen LogP contribution in [0.2, 0.25) is 0 Å². The van der Waals surface area contributed by atoms with E-state index in [1.807, 2.05) is 30.9 Å². The highest BCUT2D eigenvalue weighted by molar-refractivity contribution is 5.83. The molecule has 2 aromatic rings. The number of nitrogens with zero attached hydrogens (tertiary/aromatic N) is 2. The molecule has 0 spiro atoms. The van der Waals surface area contributed by atoms with E-state index in [2.05, 4.69) is 11.2 Å². The molecule has 1 aromatic carbocycles. The highest BCUT2D eigenvalue weighted by Gasteiger charge is 2.01. The van der Waals surface area contributed by atoms with Crippen molar-refractivity contribution in [3.8, 4) is 0 Å². The van der Waals surface area contributed by atoms with E-state index in [0.29, 0.717) is 0 Å². The first kappa shape index (κ1) is 7.16. The summed E-state index contributed by atoms with van der Waals surface area (Å²) in [5.74, 6) is 0. The Kier molecular flexibility index (Phi) is 1.33. The van der Waals surface area contributed by atoms with E-state index < -0.39 is 0 Å². The lowest BCUT2D eigenvalue weighted by molar-refractivity contribution is 0.796. The predicted molar refractivity (Wildman–Crippen MR) is 49.9 cm³/mol. The topological polar surface area (TPSA) is 43.8 Å². The van der Waals surface area contributed by atoms with Crippen molar-refractivity contribution in [3.05, 3.63) is 23.9 Å². The van der Waals surface area contributed by atoms with Gasteiger partial charge in [-0.15, -0.1) is 0 Å². The summed E-state index contributed by atoms with van der Waals surface area (Å²) in [5, 5.41) is 5.24. The molecule has 0 saturated carbocycles. The normalized spacial score (nSPS) is 10.8. The zero-order valence-corrected chi connectivity index (χ0v) is 7.20. The molecule has 0 radical (unpaired) electrons. The van der Waals surface area contributed by atoms with Gasteiger partial charge in [-0.25, -0.2) is 0 Å². The Hall–Kier alpha value is -1.51. The van der Waals surface area contributed by atoms with Crippen molar-refractivity contribution < 1.29 is 0 Å². The summed E-state index contributed by atoms with van der Waals surface area (Å²) in [6.07, 6.45) is 1.82. The van der Waals surface area contributed by atoms with Crippen LogP contribution in [0.4, 0.5) is 5.69 Å². The molecule has 2 N–H and O–H groups in total. The van der Waals surface area contributed by atoms with Crippen molar-refractivity contribution >= 4 is 16.6 Å². The second kappa shape index (κ2) is 2.24. The molecular weight excluding hydrogens is 150 g/mol. The second-order valence-corrected chi connectivity index (χ2v) is 3.04.